The van der Waals surface area contributed by atoms with E-state index in [2.05, 4.69) is 51.1 Å². The third kappa shape index (κ3) is 6.23. The van der Waals surface area contributed by atoms with Gasteiger partial charge in [-0.15, -0.1) is 35.7 Å². The van der Waals surface area contributed by atoms with Crippen molar-refractivity contribution in [2.45, 2.75) is 18.0 Å². The number of pyridine rings is 1. The molecule has 2 N–H and O–H groups in total. The Bertz CT molecular complexity index is 572. The van der Waals surface area contributed by atoms with Crippen LogP contribution >= 0.6 is 35.7 Å². The van der Waals surface area contributed by atoms with Crippen molar-refractivity contribution < 1.29 is 0 Å². The second kappa shape index (κ2) is 10.4. The predicted octanol–water partition coefficient (Wildman–Crippen LogP) is 3.29. The largest absolute Gasteiger partial charge is 0.352 e. The van der Waals surface area contributed by atoms with Gasteiger partial charge in [-0.2, -0.15) is 0 Å². The van der Waals surface area contributed by atoms with Gasteiger partial charge in [0.15, 0.2) is 5.96 Å². The molecule has 0 saturated carbocycles. The number of aliphatic imine (C=N–C) groups is 1. The number of hydrogen-bond donors (Lipinski definition) is 2. The molecular weight excluding hydrogens is 407 g/mol. The van der Waals surface area contributed by atoms with Crippen molar-refractivity contribution in [1.29, 1.82) is 0 Å². The zero-order valence-electron chi connectivity index (χ0n) is 12.7. The molecule has 0 saturated heterocycles. The van der Waals surface area contributed by atoms with Crippen LogP contribution in [0.4, 0.5) is 0 Å². The molecule has 1 aromatic heterocycles. The number of benzene rings is 1. The first-order chi connectivity index (χ1) is 10.3. The van der Waals surface area contributed by atoms with E-state index in [0.717, 1.165) is 18.2 Å². The third-order valence-electron chi connectivity index (χ3n) is 3.01. The van der Waals surface area contributed by atoms with Gasteiger partial charge in [-0.3, -0.25) is 9.98 Å². The summed E-state index contributed by atoms with van der Waals surface area (Å²) < 4.78 is 0. The zero-order valence-corrected chi connectivity index (χ0v) is 15.9. The Kier molecular flexibility index (Phi) is 8.91. The van der Waals surface area contributed by atoms with E-state index in [-0.39, 0.29) is 24.0 Å². The van der Waals surface area contributed by atoms with Crippen molar-refractivity contribution in [3.63, 3.8) is 0 Å². The molecule has 6 heteroatoms. The van der Waals surface area contributed by atoms with Crippen LogP contribution in [0.5, 0.6) is 0 Å². The van der Waals surface area contributed by atoms with Gasteiger partial charge in [0.05, 0.1) is 12.2 Å². The molecule has 1 heterocycles. The predicted molar refractivity (Wildman–Crippen MR) is 105 cm³/mol. The summed E-state index contributed by atoms with van der Waals surface area (Å²) in [5.74, 6) is 0.773. The van der Waals surface area contributed by atoms with Crippen molar-refractivity contribution in [1.82, 2.24) is 15.6 Å². The fourth-order valence-corrected chi connectivity index (χ4v) is 2.24. The molecule has 0 aliphatic carbocycles. The fraction of sp³-hybridized carbons (Fsp3) is 0.250. The van der Waals surface area contributed by atoms with E-state index in [1.54, 1.807) is 25.0 Å². The van der Waals surface area contributed by atoms with Gasteiger partial charge in [0.2, 0.25) is 0 Å². The van der Waals surface area contributed by atoms with Gasteiger partial charge in [-0.25, -0.2) is 0 Å². The zero-order chi connectivity index (χ0) is 14.9. The molecule has 118 valence electrons. The van der Waals surface area contributed by atoms with Gasteiger partial charge in [0.1, 0.15) is 0 Å². The van der Waals surface area contributed by atoms with Gasteiger partial charge < -0.3 is 10.6 Å². The Morgan fingerprint density at radius 1 is 1.09 bits per heavy atom. The molecule has 0 amide bonds. The second-order valence-electron chi connectivity index (χ2n) is 4.45. The first-order valence-electron chi connectivity index (χ1n) is 6.79. The molecule has 0 unspecified atom stereocenters. The van der Waals surface area contributed by atoms with Crippen LogP contribution in [0.3, 0.4) is 0 Å². The summed E-state index contributed by atoms with van der Waals surface area (Å²) in [5.41, 5.74) is 2.22. The first-order valence-corrected chi connectivity index (χ1v) is 8.01. The van der Waals surface area contributed by atoms with E-state index in [1.807, 2.05) is 18.2 Å². The average Bonchev–Trinajstić information content (AvgIpc) is 2.56. The summed E-state index contributed by atoms with van der Waals surface area (Å²) in [6.07, 6.45) is 3.87. The van der Waals surface area contributed by atoms with Gasteiger partial charge >= 0.3 is 0 Å². The van der Waals surface area contributed by atoms with Crippen LogP contribution in [-0.4, -0.2) is 24.2 Å². The Morgan fingerprint density at radius 2 is 1.82 bits per heavy atom. The molecule has 4 nitrogen and oxygen atoms in total. The number of thioether (sulfide) groups is 1. The van der Waals surface area contributed by atoms with Crippen LogP contribution in [0.1, 0.15) is 11.3 Å². The van der Waals surface area contributed by atoms with Crippen LogP contribution < -0.4 is 10.6 Å². The van der Waals surface area contributed by atoms with Crippen LogP contribution in [0.2, 0.25) is 0 Å². The topological polar surface area (TPSA) is 49.3 Å². The number of rotatable bonds is 5. The average molecular weight is 428 g/mol. The maximum Gasteiger partial charge on any atom is 0.191 e. The maximum atomic E-state index is 4.27. The van der Waals surface area contributed by atoms with E-state index < -0.39 is 0 Å². The van der Waals surface area contributed by atoms with Crippen molar-refractivity contribution in [2.75, 3.05) is 13.3 Å². The van der Waals surface area contributed by atoms with Crippen molar-refractivity contribution in [3.05, 3.63) is 59.9 Å². The maximum absolute atomic E-state index is 4.27. The Hall–Kier alpha value is -1.28. The number of aromatic nitrogens is 1. The van der Waals surface area contributed by atoms with E-state index in [1.165, 1.54) is 10.5 Å². The Labute approximate surface area is 153 Å². The van der Waals surface area contributed by atoms with E-state index in [9.17, 15) is 0 Å². The molecule has 0 spiro atoms. The molecule has 0 bridgehead atoms. The molecule has 0 aliphatic heterocycles. The summed E-state index contributed by atoms with van der Waals surface area (Å²) >= 11 is 1.75. The number of nitrogens with one attached hydrogen (secondary N) is 2. The number of nitrogens with zero attached hydrogens (tertiary/aromatic N) is 2. The quantitative estimate of drug-likeness (QED) is 0.332. The number of guanidine groups is 1. The Morgan fingerprint density at radius 3 is 2.41 bits per heavy atom. The summed E-state index contributed by atoms with van der Waals surface area (Å²) in [4.78, 5) is 9.76. The smallest absolute Gasteiger partial charge is 0.191 e. The van der Waals surface area contributed by atoms with E-state index in [0.29, 0.717) is 6.54 Å². The SMILES string of the molecule is CN=C(NCc1ccc(SC)cc1)NCc1ccccn1.I. The minimum atomic E-state index is 0. The molecule has 0 radical (unpaired) electrons. The highest BCUT2D eigenvalue weighted by atomic mass is 127. The third-order valence-corrected chi connectivity index (χ3v) is 3.75. The Balaban J connectivity index is 0.00000242. The minimum Gasteiger partial charge on any atom is -0.352 e. The molecule has 0 aliphatic rings. The van der Waals surface area contributed by atoms with Gasteiger partial charge in [0.25, 0.3) is 0 Å². The highest BCUT2D eigenvalue weighted by Gasteiger charge is 1.99. The highest BCUT2D eigenvalue weighted by Crippen LogP contribution is 2.14. The summed E-state index contributed by atoms with van der Waals surface area (Å²) in [6.45, 7) is 1.41. The first kappa shape index (κ1) is 18.8. The van der Waals surface area contributed by atoms with Crippen LogP contribution in [0.15, 0.2) is 58.5 Å². The number of hydrogen-bond acceptors (Lipinski definition) is 3. The minimum absolute atomic E-state index is 0. The van der Waals surface area contributed by atoms with Crippen LogP contribution in [-0.2, 0) is 13.1 Å². The lowest BCUT2D eigenvalue weighted by atomic mass is 10.2. The monoisotopic (exact) mass is 428 g/mol. The lowest BCUT2D eigenvalue weighted by Crippen LogP contribution is -2.36. The molecule has 22 heavy (non-hydrogen) atoms. The summed E-state index contributed by atoms with van der Waals surface area (Å²) in [6, 6.07) is 14.4. The summed E-state index contributed by atoms with van der Waals surface area (Å²) in [7, 11) is 1.77. The molecule has 2 aromatic rings. The normalized spacial score (nSPS) is 10.7. The van der Waals surface area contributed by atoms with Crippen LogP contribution in [0.25, 0.3) is 0 Å². The summed E-state index contributed by atoms with van der Waals surface area (Å²) in [5, 5.41) is 6.55. The molecule has 0 atom stereocenters. The van der Waals surface area contributed by atoms with E-state index in [4.69, 9.17) is 0 Å². The second-order valence-corrected chi connectivity index (χ2v) is 5.33. The van der Waals surface area contributed by atoms with Crippen molar-refractivity contribution >= 4 is 41.7 Å². The molecule has 0 fully saturated rings. The molecular formula is C16H21IN4S. The lowest BCUT2D eigenvalue weighted by molar-refractivity contribution is 0.794. The van der Waals surface area contributed by atoms with Gasteiger partial charge in [0, 0.05) is 24.7 Å². The molecule has 2 rings (SSSR count). The van der Waals surface area contributed by atoms with Crippen molar-refractivity contribution in [3.8, 4) is 0 Å². The van der Waals surface area contributed by atoms with E-state index >= 15 is 0 Å². The van der Waals surface area contributed by atoms with Crippen molar-refractivity contribution in [2.24, 2.45) is 4.99 Å². The fourth-order valence-electron chi connectivity index (χ4n) is 1.83. The molecule has 1 aromatic carbocycles. The highest BCUT2D eigenvalue weighted by molar-refractivity contribution is 14.0. The van der Waals surface area contributed by atoms with Gasteiger partial charge in [-0.05, 0) is 36.1 Å². The standard InChI is InChI=1S/C16H20N4S.HI/c1-17-16(20-12-14-5-3-4-10-18-14)19-11-13-6-8-15(21-2)9-7-13;/h3-10H,11-12H2,1-2H3,(H2,17,19,20);1H. The number of halogens is 1. The van der Waals surface area contributed by atoms with Gasteiger partial charge in [-0.1, -0.05) is 18.2 Å². The lowest BCUT2D eigenvalue weighted by Gasteiger charge is -2.11. The van der Waals surface area contributed by atoms with Crippen LogP contribution in [0, 0.1) is 0 Å².